The van der Waals surface area contributed by atoms with Crippen LogP contribution in [0.15, 0.2) is 90.1 Å². The number of nitriles is 1. The molecule has 5 nitrogen and oxygen atoms in total. The predicted octanol–water partition coefficient (Wildman–Crippen LogP) is 6.75. The number of nitrogens with two attached hydrogens (primary N) is 2. The van der Waals surface area contributed by atoms with Crippen LogP contribution in [0.2, 0.25) is 0 Å². The summed E-state index contributed by atoms with van der Waals surface area (Å²) in [4.78, 5) is 4.88. The number of aliphatic imine (C=N–C) groups is 1. The van der Waals surface area contributed by atoms with E-state index in [0.29, 0.717) is 40.9 Å². The molecule has 0 saturated carbocycles. The molecule has 5 heteroatoms. The highest BCUT2D eigenvalue weighted by Crippen LogP contribution is 2.34. The maximum atomic E-state index is 9.67. The monoisotopic (exact) mass is 478 g/mol. The number of ether oxygens (including phenoxy) is 1. The van der Waals surface area contributed by atoms with Gasteiger partial charge in [-0.2, -0.15) is 5.26 Å². The second-order valence-corrected chi connectivity index (χ2v) is 8.81. The van der Waals surface area contributed by atoms with Crippen LogP contribution in [0.4, 0.5) is 5.69 Å². The Morgan fingerprint density at radius 1 is 1.14 bits per heavy atom. The van der Waals surface area contributed by atoms with Crippen molar-refractivity contribution in [3.8, 4) is 22.9 Å². The van der Waals surface area contributed by atoms with E-state index in [1.807, 2.05) is 37.3 Å². The van der Waals surface area contributed by atoms with E-state index in [2.05, 4.69) is 50.8 Å². The number of anilines is 1. The second kappa shape index (κ2) is 12.5. The lowest BCUT2D eigenvalue weighted by Crippen LogP contribution is -2.06. The molecular weight excluding hydrogens is 444 g/mol. The van der Waals surface area contributed by atoms with Gasteiger partial charge in [0.25, 0.3) is 0 Å². The number of hydrogen-bond donors (Lipinski definition) is 2. The van der Waals surface area contributed by atoms with Crippen LogP contribution in [0.5, 0.6) is 5.75 Å². The summed E-state index contributed by atoms with van der Waals surface area (Å²) in [7, 11) is 0. The third kappa shape index (κ3) is 6.71. The van der Waals surface area contributed by atoms with Crippen molar-refractivity contribution in [2.24, 2.45) is 16.6 Å². The maximum Gasteiger partial charge on any atom is 0.137 e. The second-order valence-electron chi connectivity index (χ2n) is 8.81. The first-order valence-corrected chi connectivity index (χ1v) is 12.2. The zero-order valence-electron chi connectivity index (χ0n) is 21.3. The summed E-state index contributed by atoms with van der Waals surface area (Å²) in [5, 5.41) is 9.67. The van der Waals surface area contributed by atoms with E-state index in [-0.39, 0.29) is 0 Å². The van der Waals surface area contributed by atoms with E-state index in [4.69, 9.17) is 21.2 Å². The van der Waals surface area contributed by atoms with Crippen LogP contribution in [0.3, 0.4) is 0 Å². The smallest absolute Gasteiger partial charge is 0.137 e. The molecular formula is C31H34N4O. The minimum atomic E-state index is 0.305. The third-order valence-corrected chi connectivity index (χ3v) is 6.19. The number of hydrogen-bond acceptors (Lipinski definition) is 5. The zero-order chi connectivity index (χ0) is 26.1. The van der Waals surface area contributed by atoms with Crippen molar-refractivity contribution in [3.63, 3.8) is 0 Å². The minimum absolute atomic E-state index is 0.305. The molecule has 184 valence electrons. The Balaban J connectivity index is 2.01. The van der Waals surface area contributed by atoms with Crippen molar-refractivity contribution in [2.45, 2.75) is 33.6 Å². The Hall–Kier alpha value is -4.14. The Morgan fingerprint density at radius 3 is 2.53 bits per heavy atom. The van der Waals surface area contributed by atoms with Gasteiger partial charge in [-0.05, 0) is 61.6 Å². The molecule has 36 heavy (non-hydrogen) atoms. The Morgan fingerprint density at radius 2 is 1.86 bits per heavy atom. The quantitative estimate of drug-likeness (QED) is 0.146. The molecule has 0 aliphatic heterocycles. The topological polar surface area (TPSA) is 97.4 Å². The molecule has 0 aliphatic carbocycles. The molecule has 0 bridgehead atoms. The van der Waals surface area contributed by atoms with Gasteiger partial charge >= 0.3 is 0 Å². The number of benzene rings is 3. The van der Waals surface area contributed by atoms with E-state index >= 15 is 0 Å². The lowest BCUT2D eigenvalue weighted by Gasteiger charge is -2.15. The maximum absolute atomic E-state index is 9.67. The summed E-state index contributed by atoms with van der Waals surface area (Å²) in [6.45, 7) is 11.0. The van der Waals surface area contributed by atoms with Crippen LogP contribution in [-0.4, -0.2) is 12.3 Å². The molecule has 0 amide bonds. The van der Waals surface area contributed by atoms with E-state index in [1.54, 1.807) is 18.2 Å². The van der Waals surface area contributed by atoms with Crippen molar-refractivity contribution < 1.29 is 4.74 Å². The Kier molecular flexibility index (Phi) is 9.21. The molecule has 1 unspecified atom stereocenters. The largest absolute Gasteiger partial charge is 0.457 e. The first-order valence-electron chi connectivity index (χ1n) is 12.2. The average Bonchev–Trinajstić information content (AvgIpc) is 2.88. The number of nitrogens with zero attached hydrogens (tertiary/aromatic N) is 2. The average molecular weight is 479 g/mol. The first kappa shape index (κ1) is 26.5. The van der Waals surface area contributed by atoms with Gasteiger partial charge < -0.3 is 16.2 Å². The number of rotatable bonds is 10. The summed E-state index contributed by atoms with van der Waals surface area (Å²) < 4.78 is 6.23. The van der Waals surface area contributed by atoms with Gasteiger partial charge in [-0.25, -0.2) is 0 Å². The van der Waals surface area contributed by atoms with Crippen LogP contribution >= 0.6 is 0 Å². The van der Waals surface area contributed by atoms with Crippen molar-refractivity contribution in [2.75, 3.05) is 12.3 Å². The molecule has 4 N–H and O–H groups in total. The van der Waals surface area contributed by atoms with Crippen LogP contribution in [0.25, 0.3) is 16.8 Å². The molecule has 3 rings (SSSR count). The van der Waals surface area contributed by atoms with Gasteiger partial charge in [0.2, 0.25) is 0 Å². The molecule has 3 aromatic rings. The van der Waals surface area contributed by atoms with Crippen molar-refractivity contribution in [1.29, 1.82) is 5.26 Å². The lowest BCUT2D eigenvalue weighted by molar-refractivity contribution is 0.449. The summed E-state index contributed by atoms with van der Waals surface area (Å²) in [6, 6.07) is 23.5. The highest BCUT2D eigenvalue weighted by Gasteiger charge is 2.13. The molecule has 3 aromatic carbocycles. The minimum Gasteiger partial charge on any atom is -0.457 e. The van der Waals surface area contributed by atoms with E-state index in [9.17, 15) is 5.26 Å². The number of allylic oxidation sites excluding steroid dienone is 1. The summed E-state index contributed by atoms with van der Waals surface area (Å²) in [5.41, 5.74) is 18.3. The fraction of sp³-hybridized carbons (Fsp3) is 0.226. The third-order valence-electron chi connectivity index (χ3n) is 6.19. The van der Waals surface area contributed by atoms with Crippen LogP contribution in [0, 0.1) is 17.2 Å². The predicted molar refractivity (Wildman–Crippen MR) is 151 cm³/mol. The summed E-state index contributed by atoms with van der Waals surface area (Å²) >= 11 is 0. The van der Waals surface area contributed by atoms with Crippen LogP contribution in [0.1, 0.15) is 43.9 Å². The van der Waals surface area contributed by atoms with Gasteiger partial charge in [0.1, 0.15) is 11.5 Å². The zero-order valence-corrected chi connectivity index (χ0v) is 21.3. The van der Waals surface area contributed by atoms with Gasteiger partial charge in [0, 0.05) is 34.7 Å². The highest BCUT2D eigenvalue weighted by molar-refractivity contribution is 5.90. The molecule has 0 aromatic heterocycles. The van der Waals surface area contributed by atoms with Crippen molar-refractivity contribution >= 4 is 17.1 Å². The Bertz CT molecular complexity index is 1310. The fourth-order valence-electron chi connectivity index (χ4n) is 3.77. The molecule has 0 saturated heterocycles. The van der Waals surface area contributed by atoms with Crippen LogP contribution in [-0.2, 0) is 6.42 Å². The van der Waals surface area contributed by atoms with E-state index < -0.39 is 0 Å². The van der Waals surface area contributed by atoms with Crippen molar-refractivity contribution in [1.82, 2.24) is 0 Å². The van der Waals surface area contributed by atoms with Gasteiger partial charge in [-0.15, -0.1) is 0 Å². The van der Waals surface area contributed by atoms with E-state index in [0.717, 1.165) is 35.2 Å². The summed E-state index contributed by atoms with van der Waals surface area (Å²) in [6.07, 6.45) is 3.58. The van der Waals surface area contributed by atoms with Crippen LogP contribution < -0.4 is 16.2 Å². The molecule has 0 aliphatic rings. The number of nitrogen functional groups attached to an aromatic ring is 1. The summed E-state index contributed by atoms with van der Waals surface area (Å²) in [5.74, 6) is 1.29. The van der Waals surface area contributed by atoms with E-state index in [1.165, 1.54) is 5.56 Å². The molecule has 0 heterocycles. The molecule has 0 fully saturated rings. The van der Waals surface area contributed by atoms with Gasteiger partial charge in [-0.3, -0.25) is 4.99 Å². The SMILES string of the molecule is C=C(/C=C(\N=C(\C)C(C)CC)c1ccccc1C#N)Oc1cc(N)ccc1-c1ccc(CCN)cc1. The van der Waals surface area contributed by atoms with Gasteiger partial charge in [0.05, 0.1) is 17.3 Å². The normalized spacial score (nSPS) is 12.6. The van der Waals surface area contributed by atoms with Gasteiger partial charge in [0.15, 0.2) is 0 Å². The fourth-order valence-corrected chi connectivity index (χ4v) is 3.77. The first-order chi connectivity index (χ1) is 17.4. The standard InChI is InChI=1S/C31H34N4O/c1-5-21(2)23(4)35-30(28-9-7-6-8-26(28)20-33)18-22(3)36-31-19-27(34)14-15-29(31)25-12-10-24(11-13-25)16-17-32/h6-15,18-19,21H,3,5,16-17,32,34H2,1-2,4H3/b30-18-,35-23-. The Labute approximate surface area is 214 Å². The molecule has 0 radical (unpaired) electrons. The molecule has 0 spiro atoms. The molecule has 1 atom stereocenters. The lowest BCUT2D eigenvalue weighted by atomic mass is 10.0. The van der Waals surface area contributed by atoms with Crippen molar-refractivity contribution in [3.05, 3.63) is 102 Å². The highest BCUT2D eigenvalue weighted by atomic mass is 16.5. The van der Waals surface area contributed by atoms with Gasteiger partial charge in [-0.1, -0.05) is 62.9 Å².